The highest BCUT2D eigenvalue weighted by Crippen LogP contribution is 2.23. The van der Waals surface area contributed by atoms with Crippen LogP contribution in [0.3, 0.4) is 0 Å². The first-order valence-corrected chi connectivity index (χ1v) is 11.8. The van der Waals surface area contributed by atoms with Crippen LogP contribution in [0.4, 0.5) is 0 Å². The van der Waals surface area contributed by atoms with E-state index in [0.717, 1.165) is 11.1 Å². The van der Waals surface area contributed by atoms with Crippen molar-refractivity contribution in [2.45, 2.75) is 91.8 Å². The largest absolute Gasteiger partial charge is 0.352 e. The van der Waals surface area contributed by atoms with Crippen molar-refractivity contribution in [1.29, 1.82) is 0 Å². The zero-order valence-electron chi connectivity index (χ0n) is 20.9. The molecule has 4 heteroatoms. The molecule has 1 atom stereocenters. The third-order valence-electron chi connectivity index (χ3n) is 5.74. The second-order valence-electron chi connectivity index (χ2n) is 10.0. The lowest BCUT2D eigenvalue weighted by Crippen LogP contribution is -2.50. The molecule has 4 nitrogen and oxygen atoms in total. The van der Waals surface area contributed by atoms with Crippen molar-refractivity contribution in [1.82, 2.24) is 10.2 Å². The first-order chi connectivity index (χ1) is 15.0. The molecule has 0 unspecified atom stereocenters. The summed E-state index contributed by atoms with van der Waals surface area (Å²) in [5.74, 6) is -0.0753. The molecule has 2 rings (SSSR count). The van der Waals surface area contributed by atoms with E-state index in [1.807, 2.05) is 52.0 Å². The summed E-state index contributed by atoms with van der Waals surface area (Å²) in [5, 5.41) is 2.99. The van der Waals surface area contributed by atoms with Crippen molar-refractivity contribution in [3.05, 3.63) is 70.8 Å². The summed E-state index contributed by atoms with van der Waals surface area (Å²) in [6, 6.07) is 16.2. The van der Waals surface area contributed by atoms with Crippen molar-refractivity contribution in [3.8, 4) is 0 Å². The van der Waals surface area contributed by atoms with Gasteiger partial charge in [-0.1, -0.05) is 81.8 Å². The summed E-state index contributed by atoms with van der Waals surface area (Å²) >= 11 is 0. The number of aryl methyl sites for hydroxylation is 2. The molecule has 0 saturated carbocycles. The van der Waals surface area contributed by atoms with Gasteiger partial charge >= 0.3 is 0 Å². The smallest absolute Gasteiger partial charge is 0.243 e. The molecule has 0 aromatic heterocycles. The van der Waals surface area contributed by atoms with Gasteiger partial charge in [0.25, 0.3) is 0 Å². The number of amides is 2. The third-order valence-corrected chi connectivity index (χ3v) is 5.74. The van der Waals surface area contributed by atoms with Gasteiger partial charge in [-0.25, -0.2) is 0 Å². The fourth-order valence-electron chi connectivity index (χ4n) is 3.76. The maximum atomic E-state index is 13.4. The number of hydrogen-bond donors (Lipinski definition) is 1. The number of carbonyl (C=O) groups is 2. The quantitative estimate of drug-likeness (QED) is 0.560. The van der Waals surface area contributed by atoms with E-state index in [-0.39, 0.29) is 23.3 Å². The SMILES string of the molecule is CC[C@H](C(=O)NC(C)C)N(Cc1ccc(C)cc1)C(=O)CCc1ccc(C(C)(C)C)cc1. The van der Waals surface area contributed by atoms with Crippen molar-refractivity contribution in [2.24, 2.45) is 0 Å². The lowest BCUT2D eigenvalue weighted by molar-refractivity contribution is -0.141. The van der Waals surface area contributed by atoms with Gasteiger partial charge < -0.3 is 10.2 Å². The lowest BCUT2D eigenvalue weighted by Gasteiger charge is -2.31. The Balaban J connectivity index is 2.18. The van der Waals surface area contributed by atoms with E-state index < -0.39 is 6.04 Å². The highest BCUT2D eigenvalue weighted by molar-refractivity contribution is 5.87. The number of carbonyl (C=O) groups excluding carboxylic acids is 2. The van der Waals surface area contributed by atoms with Crippen molar-refractivity contribution in [2.75, 3.05) is 0 Å². The molecule has 2 aromatic carbocycles. The van der Waals surface area contributed by atoms with Gasteiger partial charge in [-0.3, -0.25) is 9.59 Å². The average Bonchev–Trinajstić information content (AvgIpc) is 2.72. The lowest BCUT2D eigenvalue weighted by atomic mass is 9.86. The van der Waals surface area contributed by atoms with E-state index in [1.165, 1.54) is 11.1 Å². The van der Waals surface area contributed by atoms with Gasteiger partial charge in [0.05, 0.1) is 0 Å². The predicted octanol–water partition coefficient (Wildman–Crippen LogP) is 5.56. The van der Waals surface area contributed by atoms with E-state index in [9.17, 15) is 9.59 Å². The highest BCUT2D eigenvalue weighted by Gasteiger charge is 2.28. The van der Waals surface area contributed by atoms with Gasteiger partial charge in [-0.2, -0.15) is 0 Å². The maximum absolute atomic E-state index is 13.4. The first-order valence-electron chi connectivity index (χ1n) is 11.8. The van der Waals surface area contributed by atoms with Crippen LogP contribution < -0.4 is 5.32 Å². The number of nitrogens with zero attached hydrogens (tertiary/aromatic N) is 1. The van der Waals surface area contributed by atoms with Crippen LogP contribution in [-0.2, 0) is 28.0 Å². The van der Waals surface area contributed by atoms with Crippen LogP contribution in [-0.4, -0.2) is 28.8 Å². The molecule has 0 aliphatic heterocycles. The average molecular weight is 437 g/mol. The second kappa shape index (κ2) is 11.3. The molecular weight excluding hydrogens is 396 g/mol. The van der Waals surface area contributed by atoms with Crippen LogP contribution in [0.2, 0.25) is 0 Å². The van der Waals surface area contributed by atoms with Crippen LogP contribution in [0.5, 0.6) is 0 Å². The molecule has 1 N–H and O–H groups in total. The maximum Gasteiger partial charge on any atom is 0.243 e. The number of rotatable bonds is 9. The van der Waals surface area contributed by atoms with Gasteiger partial charge in [0.1, 0.15) is 6.04 Å². The second-order valence-corrected chi connectivity index (χ2v) is 10.0. The number of nitrogens with one attached hydrogen (secondary N) is 1. The summed E-state index contributed by atoms with van der Waals surface area (Å²) in [7, 11) is 0. The molecule has 0 aliphatic carbocycles. The summed E-state index contributed by atoms with van der Waals surface area (Å²) < 4.78 is 0. The van der Waals surface area contributed by atoms with E-state index in [0.29, 0.717) is 25.8 Å². The van der Waals surface area contributed by atoms with E-state index in [2.05, 4.69) is 50.4 Å². The molecule has 0 fully saturated rings. The van der Waals surface area contributed by atoms with Gasteiger partial charge in [-0.15, -0.1) is 0 Å². The Hall–Kier alpha value is -2.62. The Bertz CT molecular complexity index is 877. The Morgan fingerprint density at radius 2 is 1.50 bits per heavy atom. The summed E-state index contributed by atoms with van der Waals surface area (Å²) in [5.41, 5.74) is 4.74. The topological polar surface area (TPSA) is 49.4 Å². The minimum atomic E-state index is -0.477. The molecule has 174 valence electrons. The fraction of sp³-hybridized carbons (Fsp3) is 0.500. The van der Waals surface area contributed by atoms with Crippen LogP contribution >= 0.6 is 0 Å². The molecule has 0 saturated heterocycles. The molecule has 0 spiro atoms. The summed E-state index contributed by atoms with van der Waals surface area (Å²) in [6.45, 7) is 14.9. The van der Waals surface area contributed by atoms with Crippen LogP contribution in [0.25, 0.3) is 0 Å². The minimum Gasteiger partial charge on any atom is -0.352 e. The number of hydrogen-bond acceptors (Lipinski definition) is 2. The Morgan fingerprint density at radius 3 is 2.00 bits per heavy atom. The molecule has 0 bridgehead atoms. The first kappa shape index (κ1) is 25.6. The predicted molar refractivity (Wildman–Crippen MR) is 133 cm³/mol. The molecule has 0 radical (unpaired) electrons. The van der Waals surface area contributed by atoms with Gasteiger partial charge in [0.2, 0.25) is 11.8 Å². The van der Waals surface area contributed by atoms with Crippen molar-refractivity contribution >= 4 is 11.8 Å². The fourth-order valence-corrected chi connectivity index (χ4v) is 3.76. The van der Waals surface area contributed by atoms with Gasteiger partial charge in [-0.05, 0) is 55.7 Å². The zero-order chi connectivity index (χ0) is 23.9. The third kappa shape index (κ3) is 7.51. The van der Waals surface area contributed by atoms with Crippen molar-refractivity contribution < 1.29 is 9.59 Å². The van der Waals surface area contributed by atoms with Gasteiger partial charge in [0.15, 0.2) is 0 Å². The monoisotopic (exact) mass is 436 g/mol. The standard InChI is InChI=1S/C28H40N2O2/c1-8-25(27(32)29-20(2)3)30(19-23-11-9-21(4)10-12-23)26(31)18-15-22-13-16-24(17-14-22)28(5,6)7/h9-14,16-17,20,25H,8,15,18-19H2,1-7H3,(H,29,32)/t25-/m1/s1. The minimum absolute atomic E-state index is 0.0104. The summed E-state index contributed by atoms with van der Waals surface area (Å²) in [4.78, 5) is 28.0. The molecule has 2 amide bonds. The molecular formula is C28H40N2O2. The Kier molecular flexibility index (Phi) is 9.06. The molecule has 0 aliphatic rings. The Labute approximate surface area is 194 Å². The highest BCUT2D eigenvalue weighted by atomic mass is 16.2. The molecule has 2 aromatic rings. The van der Waals surface area contributed by atoms with E-state index in [4.69, 9.17) is 0 Å². The van der Waals surface area contributed by atoms with Crippen molar-refractivity contribution in [3.63, 3.8) is 0 Å². The summed E-state index contributed by atoms with van der Waals surface area (Å²) in [6.07, 6.45) is 1.62. The van der Waals surface area contributed by atoms with Crippen LogP contribution in [0.1, 0.15) is 76.6 Å². The van der Waals surface area contributed by atoms with Crippen LogP contribution in [0.15, 0.2) is 48.5 Å². The number of benzene rings is 2. The Morgan fingerprint density at radius 1 is 0.938 bits per heavy atom. The zero-order valence-corrected chi connectivity index (χ0v) is 20.9. The van der Waals surface area contributed by atoms with E-state index in [1.54, 1.807) is 4.90 Å². The van der Waals surface area contributed by atoms with Crippen LogP contribution in [0, 0.1) is 6.92 Å². The van der Waals surface area contributed by atoms with E-state index >= 15 is 0 Å². The van der Waals surface area contributed by atoms with Gasteiger partial charge in [0, 0.05) is 19.0 Å². The normalized spacial score (nSPS) is 12.5. The molecule has 32 heavy (non-hydrogen) atoms. The molecule has 0 heterocycles.